The van der Waals surface area contributed by atoms with Gasteiger partial charge in [-0.05, 0) is 0 Å². The maximum atomic E-state index is 7.00. The number of allylic oxidation sites excluding steroid dienone is 8. The van der Waals surface area contributed by atoms with E-state index in [-0.39, 0.29) is 0 Å². The second-order valence-corrected chi connectivity index (χ2v) is 5.60. The summed E-state index contributed by atoms with van der Waals surface area (Å²) in [6.07, 6.45) is 6.72. The van der Waals surface area contributed by atoms with E-state index in [1.807, 2.05) is 0 Å². The Bertz CT molecular complexity index is 438. The molecule has 0 aromatic heterocycles. The van der Waals surface area contributed by atoms with Crippen LogP contribution in [0.3, 0.4) is 0 Å². The fourth-order valence-electron chi connectivity index (χ4n) is 2.32. The summed E-state index contributed by atoms with van der Waals surface area (Å²) in [6, 6.07) is 0. The van der Waals surface area contributed by atoms with Crippen molar-refractivity contribution in [2.75, 3.05) is 14.2 Å². The van der Waals surface area contributed by atoms with E-state index in [4.69, 9.17) is 10.2 Å². The zero-order valence-electron chi connectivity index (χ0n) is 17.3. The first-order valence-corrected chi connectivity index (χ1v) is 9.16. The second-order valence-electron chi connectivity index (χ2n) is 5.60. The molecule has 3 heteroatoms. The van der Waals surface area contributed by atoms with Crippen LogP contribution in [0, 0.1) is 24.0 Å². The van der Waals surface area contributed by atoms with E-state index in [9.17, 15) is 0 Å². The van der Waals surface area contributed by atoms with Crippen LogP contribution in [-0.2, 0) is 20.0 Å². The summed E-state index contributed by atoms with van der Waals surface area (Å²) in [5, 5.41) is 14.0. The fourth-order valence-corrected chi connectivity index (χ4v) is 2.32. The average molecular weight is 368 g/mol. The number of aliphatic hydroxyl groups is 2. The van der Waals surface area contributed by atoms with Crippen molar-refractivity contribution in [3.05, 3.63) is 45.6 Å². The third-order valence-electron chi connectivity index (χ3n) is 4.47. The molecule has 0 radical (unpaired) electrons. The van der Waals surface area contributed by atoms with Crippen LogP contribution in [0.4, 0.5) is 0 Å². The third kappa shape index (κ3) is 9.08. The van der Waals surface area contributed by atoms with Gasteiger partial charge in [0.2, 0.25) is 0 Å². The Morgan fingerprint density at radius 1 is 0.667 bits per heavy atom. The first-order chi connectivity index (χ1) is 11.3. The first kappa shape index (κ1) is 28.3. The van der Waals surface area contributed by atoms with E-state index >= 15 is 0 Å². The van der Waals surface area contributed by atoms with Crippen molar-refractivity contribution in [1.29, 1.82) is 0 Å². The molecule has 0 saturated carbocycles. The van der Waals surface area contributed by atoms with Gasteiger partial charge in [-0.3, -0.25) is 12.2 Å². The number of rotatable bonds is 0. The van der Waals surface area contributed by atoms with E-state index in [1.165, 1.54) is 33.4 Å². The molecule has 2 nitrogen and oxygen atoms in total. The van der Waals surface area contributed by atoms with Crippen molar-refractivity contribution in [1.82, 2.24) is 0 Å². The Hall–Kier alpha value is -0.536. The van der Waals surface area contributed by atoms with E-state index in [2.05, 4.69) is 72.4 Å². The topological polar surface area (TPSA) is 40.5 Å². The summed E-state index contributed by atoms with van der Waals surface area (Å²) in [6.45, 7) is 17.3. The summed E-state index contributed by atoms with van der Waals surface area (Å²) in [7, 11) is 2.00. The van der Waals surface area contributed by atoms with Crippen molar-refractivity contribution in [3.63, 3.8) is 0 Å². The SMILES string of the molecule is CC1=[C-]C(C)C(C)=C1C.CC1=[C-]C(C)C(C)=C1C.CO.CO.[CH2]=[Ti+2]. The molecular formula is C21H36O2Ti. The van der Waals surface area contributed by atoms with Crippen LogP contribution in [-0.4, -0.2) is 29.2 Å². The summed E-state index contributed by atoms with van der Waals surface area (Å²) < 4.78 is 0. The molecular weight excluding hydrogens is 332 g/mol. The molecule has 24 heavy (non-hydrogen) atoms. The van der Waals surface area contributed by atoms with E-state index < -0.39 is 0 Å². The predicted molar refractivity (Wildman–Crippen MR) is 103 cm³/mol. The molecule has 2 atom stereocenters. The zero-order chi connectivity index (χ0) is 20.0. The summed E-state index contributed by atoms with van der Waals surface area (Å²) >= 11 is 1.75. The van der Waals surface area contributed by atoms with E-state index in [1.54, 1.807) is 20.0 Å². The van der Waals surface area contributed by atoms with Gasteiger partial charge in [0.25, 0.3) is 0 Å². The van der Waals surface area contributed by atoms with E-state index in [0.29, 0.717) is 11.8 Å². The Morgan fingerprint density at radius 2 is 0.875 bits per heavy atom. The summed E-state index contributed by atoms with van der Waals surface area (Å²) in [4.78, 5) is 3.25. The van der Waals surface area contributed by atoms with Gasteiger partial charge in [-0.15, -0.1) is 13.8 Å². The molecule has 2 unspecified atom stereocenters. The van der Waals surface area contributed by atoms with Crippen molar-refractivity contribution in [2.45, 2.75) is 55.4 Å². The van der Waals surface area contributed by atoms with Gasteiger partial charge in [-0.2, -0.15) is 22.3 Å². The van der Waals surface area contributed by atoms with Crippen molar-refractivity contribution in [2.24, 2.45) is 11.8 Å². The van der Waals surface area contributed by atoms with Gasteiger partial charge in [0.05, 0.1) is 0 Å². The van der Waals surface area contributed by atoms with Crippen LogP contribution >= 0.6 is 0 Å². The molecule has 2 aliphatic carbocycles. The number of hydrogen-bond acceptors (Lipinski definition) is 2. The molecule has 0 bridgehead atoms. The first-order valence-electron chi connectivity index (χ1n) is 8.06. The van der Waals surface area contributed by atoms with Gasteiger partial charge in [0.1, 0.15) is 0 Å². The number of aliphatic hydroxyl groups excluding tert-OH is 2. The molecule has 0 aromatic rings. The van der Waals surface area contributed by atoms with Crippen LogP contribution < -0.4 is 0 Å². The van der Waals surface area contributed by atoms with Crippen LogP contribution in [0.5, 0.6) is 0 Å². The van der Waals surface area contributed by atoms with Gasteiger partial charge in [-0.25, -0.2) is 11.1 Å². The molecule has 2 rings (SSSR count). The van der Waals surface area contributed by atoms with Crippen LogP contribution in [0.25, 0.3) is 0 Å². The normalized spacial score (nSPS) is 21.1. The van der Waals surface area contributed by atoms with Crippen molar-refractivity contribution >= 4 is 4.82 Å². The van der Waals surface area contributed by atoms with Crippen LogP contribution in [0.15, 0.2) is 33.4 Å². The molecule has 0 aromatic carbocycles. The van der Waals surface area contributed by atoms with Gasteiger partial charge in [-0.1, -0.05) is 53.4 Å². The van der Waals surface area contributed by atoms with Gasteiger partial charge >= 0.3 is 24.8 Å². The standard InChI is InChI=1S/2C9H13.2CH4O.CH2.Ti/c2*1-6-5-7(2)9(4)8(6)3;2*1-2;;/h2*6H,1-4H3;2*2H,1H3;1H2;/q2*-1;;;;+2. The predicted octanol–water partition coefficient (Wildman–Crippen LogP) is 4.63. The third-order valence-corrected chi connectivity index (χ3v) is 4.47. The van der Waals surface area contributed by atoms with Crippen LogP contribution in [0.1, 0.15) is 55.4 Å². The minimum absolute atomic E-state index is 0.560. The Kier molecular flexibility index (Phi) is 18.8. The quantitative estimate of drug-likeness (QED) is 0.484. The molecule has 0 amide bonds. The molecule has 0 spiro atoms. The average Bonchev–Trinajstić information content (AvgIpc) is 2.97. The zero-order valence-corrected chi connectivity index (χ0v) is 18.8. The molecule has 0 saturated heterocycles. The summed E-state index contributed by atoms with van der Waals surface area (Å²) in [5.41, 5.74) is 8.49. The van der Waals surface area contributed by atoms with Gasteiger partial charge in [0, 0.05) is 14.2 Å². The summed E-state index contributed by atoms with van der Waals surface area (Å²) in [5.74, 6) is 1.12. The van der Waals surface area contributed by atoms with Crippen molar-refractivity contribution < 1.29 is 30.2 Å². The molecule has 0 heterocycles. The Balaban J connectivity index is -0.000000281. The van der Waals surface area contributed by atoms with Crippen molar-refractivity contribution in [3.8, 4) is 0 Å². The minimum atomic E-state index is 0.560. The fraction of sp³-hybridized carbons (Fsp3) is 0.571. The Morgan fingerprint density at radius 3 is 0.917 bits per heavy atom. The molecule has 136 valence electrons. The van der Waals surface area contributed by atoms with Gasteiger partial charge in [0.15, 0.2) is 0 Å². The maximum absolute atomic E-state index is 7.00. The van der Waals surface area contributed by atoms with E-state index in [0.717, 1.165) is 14.2 Å². The molecule has 0 fully saturated rings. The number of hydrogen-bond donors (Lipinski definition) is 2. The van der Waals surface area contributed by atoms with Crippen LogP contribution in [0.2, 0.25) is 0 Å². The molecule has 2 N–H and O–H groups in total. The Labute approximate surface area is 162 Å². The second kappa shape index (κ2) is 16.0. The molecule has 2 aliphatic rings. The molecule has 0 aliphatic heterocycles. The van der Waals surface area contributed by atoms with Gasteiger partial charge < -0.3 is 10.2 Å². The monoisotopic (exact) mass is 368 g/mol.